The van der Waals surface area contributed by atoms with E-state index >= 15 is 0 Å². The van der Waals surface area contributed by atoms with Gasteiger partial charge in [0.1, 0.15) is 11.6 Å². The number of anilines is 1. The number of guanidine groups is 1. The van der Waals surface area contributed by atoms with Crippen molar-refractivity contribution in [2.45, 2.75) is 12.6 Å². The summed E-state index contributed by atoms with van der Waals surface area (Å²) in [4.78, 5) is 13.7. The highest BCUT2D eigenvalue weighted by atomic mass is 19.1. The fraction of sp³-hybridized carbons (Fsp3) is 0.174. The van der Waals surface area contributed by atoms with Crippen LogP contribution in [0.2, 0.25) is 0 Å². The minimum atomic E-state index is -0.483. The fourth-order valence-electron chi connectivity index (χ4n) is 3.88. The lowest BCUT2D eigenvalue weighted by Crippen LogP contribution is -2.31. The van der Waals surface area contributed by atoms with Gasteiger partial charge in [-0.2, -0.15) is 0 Å². The van der Waals surface area contributed by atoms with E-state index in [0.717, 1.165) is 23.0 Å². The third-order valence-electron chi connectivity index (χ3n) is 5.40. The zero-order chi connectivity index (χ0) is 22.4. The molecule has 0 amide bonds. The molecule has 1 atom stereocenters. The standard InChI is InChI=1S/C23H19FN6O3/c24-14-3-5-15(6-4-14)33-20-7-2-13(12-26-20)21-28-22(25)29-23-27-16-10-18-19(11-17(16)30(21)23)32-9-1-8-31-18/h2-7,10-12,21H,1,8-9H2,(H3,25,27,28,29). The molecule has 0 saturated heterocycles. The minimum Gasteiger partial charge on any atom is -0.489 e. The molecule has 33 heavy (non-hydrogen) atoms. The summed E-state index contributed by atoms with van der Waals surface area (Å²) < 4.78 is 32.4. The van der Waals surface area contributed by atoms with Crippen LogP contribution in [-0.4, -0.2) is 33.7 Å². The smallest absolute Gasteiger partial charge is 0.219 e. The lowest BCUT2D eigenvalue weighted by molar-refractivity contribution is 0.297. The molecule has 0 spiro atoms. The van der Waals surface area contributed by atoms with Gasteiger partial charge in [0.2, 0.25) is 11.8 Å². The van der Waals surface area contributed by atoms with E-state index in [2.05, 4.69) is 20.3 Å². The number of nitrogens with zero attached hydrogens (tertiary/aromatic N) is 4. The summed E-state index contributed by atoms with van der Waals surface area (Å²) in [6.07, 6.45) is 2.01. The topological polar surface area (TPSA) is 109 Å². The highest BCUT2D eigenvalue weighted by molar-refractivity contribution is 5.95. The van der Waals surface area contributed by atoms with Crippen LogP contribution in [0.3, 0.4) is 0 Å². The van der Waals surface area contributed by atoms with Crippen molar-refractivity contribution in [3.8, 4) is 23.1 Å². The normalized spacial score (nSPS) is 17.0. The van der Waals surface area contributed by atoms with Crippen LogP contribution in [0.25, 0.3) is 11.0 Å². The summed E-state index contributed by atoms with van der Waals surface area (Å²) in [6.45, 7) is 1.19. The lowest BCUT2D eigenvalue weighted by atomic mass is 10.2. The van der Waals surface area contributed by atoms with Gasteiger partial charge in [0, 0.05) is 36.4 Å². The molecule has 4 aromatic rings. The van der Waals surface area contributed by atoms with Crippen LogP contribution < -0.4 is 25.3 Å². The molecule has 0 saturated carbocycles. The van der Waals surface area contributed by atoms with Crippen molar-refractivity contribution in [2.75, 3.05) is 18.5 Å². The highest BCUT2D eigenvalue weighted by Gasteiger charge is 2.27. The van der Waals surface area contributed by atoms with E-state index in [1.54, 1.807) is 24.4 Å². The van der Waals surface area contributed by atoms with Crippen molar-refractivity contribution in [3.05, 3.63) is 66.1 Å². The number of benzene rings is 2. The Balaban J connectivity index is 1.37. The van der Waals surface area contributed by atoms with Gasteiger partial charge in [0.25, 0.3) is 0 Å². The van der Waals surface area contributed by atoms with E-state index < -0.39 is 6.17 Å². The highest BCUT2D eigenvalue weighted by Crippen LogP contribution is 2.39. The molecule has 2 aliphatic rings. The molecule has 0 radical (unpaired) electrons. The Labute approximate surface area is 187 Å². The molecule has 10 heteroatoms. The van der Waals surface area contributed by atoms with Gasteiger partial charge in [-0.05, 0) is 30.3 Å². The van der Waals surface area contributed by atoms with E-state index in [-0.39, 0.29) is 11.8 Å². The number of hydrogen-bond acceptors (Lipinski definition) is 8. The lowest BCUT2D eigenvalue weighted by Gasteiger charge is -2.23. The monoisotopic (exact) mass is 446 g/mol. The van der Waals surface area contributed by atoms with Crippen LogP contribution in [0.15, 0.2) is 59.7 Å². The molecule has 0 aliphatic carbocycles. The molecule has 0 bridgehead atoms. The van der Waals surface area contributed by atoms with Gasteiger partial charge in [0.15, 0.2) is 23.6 Å². The van der Waals surface area contributed by atoms with Crippen molar-refractivity contribution in [3.63, 3.8) is 0 Å². The van der Waals surface area contributed by atoms with Gasteiger partial charge in [0.05, 0.1) is 24.2 Å². The van der Waals surface area contributed by atoms with Crippen molar-refractivity contribution in [1.82, 2.24) is 14.5 Å². The summed E-state index contributed by atoms with van der Waals surface area (Å²) in [5, 5.41) is 3.02. The fourth-order valence-corrected chi connectivity index (χ4v) is 3.88. The molecule has 6 rings (SSSR count). The van der Waals surface area contributed by atoms with Gasteiger partial charge >= 0.3 is 0 Å². The number of hydrogen-bond donors (Lipinski definition) is 2. The number of halogens is 1. The van der Waals surface area contributed by atoms with Crippen molar-refractivity contribution in [2.24, 2.45) is 10.7 Å². The zero-order valence-corrected chi connectivity index (χ0v) is 17.4. The van der Waals surface area contributed by atoms with Crippen molar-refractivity contribution < 1.29 is 18.6 Å². The second-order valence-corrected chi connectivity index (χ2v) is 7.64. The Morgan fingerprint density at radius 1 is 1.06 bits per heavy atom. The van der Waals surface area contributed by atoms with Crippen LogP contribution in [0.1, 0.15) is 18.2 Å². The quantitative estimate of drug-likeness (QED) is 0.493. The number of pyridine rings is 1. The maximum absolute atomic E-state index is 13.1. The molecular weight excluding hydrogens is 427 g/mol. The first-order valence-corrected chi connectivity index (χ1v) is 10.5. The summed E-state index contributed by atoms with van der Waals surface area (Å²) in [7, 11) is 0. The third-order valence-corrected chi connectivity index (χ3v) is 5.40. The van der Waals surface area contributed by atoms with Gasteiger partial charge in [-0.15, -0.1) is 0 Å². The molecule has 3 N–H and O–H groups in total. The Bertz CT molecular complexity index is 1370. The third kappa shape index (κ3) is 3.55. The molecular formula is C23H19FN6O3. The molecule has 1 unspecified atom stereocenters. The Morgan fingerprint density at radius 2 is 1.85 bits per heavy atom. The summed E-state index contributed by atoms with van der Waals surface area (Å²) in [6, 6.07) is 13.1. The van der Waals surface area contributed by atoms with Gasteiger partial charge in [-0.1, -0.05) is 0 Å². The number of aromatic nitrogens is 3. The Kier molecular flexibility index (Phi) is 4.49. The number of imidazole rings is 1. The number of nitrogens with two attached hydrogens (primary N) is 1. The molecule has 2 aliphatic heterocycles. The van der Waals surface area contributed by atoms with Crippen LogP contribution in [0.4, 0.5) is 10.3 Å². The Hall–Kier alpha value is -4.34. The zero-order valence-electron chi connectivity index (χ0n) is 17.4. The predicted octanol–water partition coefficient (Wildman–Crippen LogP) is 3.81. The maximum Gasteiger partial charge on any atom is 0.219 e. The second kappa shape index (κ2) is 7.66. The van der Waals surface area contributed by atoms with Gasteiger partial charge in [-0.3, -0.25) is 9.88 Å². The molecule has 0 fully saturated rings. The van der Waals surface area contributed by atoms with Gasteiger partial charge in [-0.25, -0.2) is 19.4 Å². The summed E-state index contributed by atoms with van der Waals surface area (Å²) >= 11 is 0. The van der Waals surface area contributed by atoms with Crippen LogP contribution in [-0.2, 0) is 0 Å². The maximum atomic E-state index is 13.1. The van der Waals surface area contributed by atoms with E-state index in [0.29, 0.717) is 42.3 Å². The van der Waals surface area contributed by atoms with Crippen LogP contribution in [0, 0.1) is 5.82 Å². The SMILES string of the molecule is NC1=NC(c2ccc(Oc3ccc(F)cc3)nc2)n2c(nc3cc4c(cc32)OCCCO4)N1. The molecule has 4 heterocycles. The van der Waals surface area contributed by atoms with Crippen molar-refractivity contribution in [1.29, 1.82) is 0 Å². The minimum absolute atomic E-state index is 0.253. The van der Waals surface area contributed by atoms with E-state index in [1.807, 2.05) is 22.8 Å². The number of fused-ring (bicyclic) bond motifs is 4. The van der Waals surface area contributed by atoms with Crippen LogP contribution in [0.5, 0.6) is 23.1 Å². The summed E-state index contributed by atoms with van der Waals surface area (Å²) in [5.74, 6) is 2.70. The molecule has 9 nitrogen and oxygen atoms in total. The summed E-state index contributed by atoms with van der Waals surface area (Å²) in [5.41, 5.74) is 8.40. The van der Waals surface area contributed by atoms with Crippen LogP contribution >= 0.6 is 0 Å². The first kappa shape index (κ1) is 19.4. The molecule has 166 valence electrons. The van der Waals surface area contributed by atoms with E-state index in [1.165, 1.54) is 12.1 Å². The number of nitrogens with one attached hydrogen (secondary N) is 1. The average molecular weight is 446 g/mol. The first-order valence-electron chi connectivity index (χ1n) is 10.5. The second-order valence-electron chi connectivity index (χ2n) is 7.64. The predicted molar refractivity (Wildman–Crippen MR) is 119 cm³/mol. The first-order chi connectivity index (χ1) is 16.1. The Morgan fingerprint density at radius 3 is 2.61 bits per heavy atom. The van der Waals surface area contributed by atoms with E-state index in [9.17, 15) is 4.39 Å². The molecule has 2 aromatic heterocycles. The number of aliphatic imine (C=N–C) groups is 1. The van der Waals surface area contributed by atoms with Gasteiger partial charge < -0.3 is 19.9 Å². The molecule has 2 aromatic carbocycles. The van der Waals surface area contributed by atoms with Crippen molar-refractivity contribution >= 4 is 22.9 Å². The largest absolute Gasteiger partial charge is 0.489 e. The van der Waals surface area contributed by atoms with E-state index in [4.69, 9.17) is 19.9 Å². The average Bonchev–Trinajstić information content (AvgIpc) is 3.00. The number of ether oxygens (including phenoxy) is 3. The number of rotatable bonds is 3.